The van der Waals surface area contributed by atoms with Crippen LogP contribution in [0.5, 0.6) is 5.75 Å². The molecule has 0 aromatic heterocycles. The van der Waals surface area contributed by atoms with Gasteiger partial charge in [-0.15, -0.1) is 0 Å². The molecule has 5 heteroatoms. The van der Waals surface area contributed by atoms with Gasteiger partial charge in [0.05, 0.1) is 25.0 Å². The highest BCUT2D eigenvalue weighted by atomic mass is 16.5. The van der Waals surface area contributed by atoms with Crippen molar-refractivity contribution in [2.24, 2.45) is 11.8 Å². The highest BCUT2D eigenvalue weighted by molar-refractivity contribution is 5.89. The van der Waals surface area contributed by atoms with Crippen molar-refractivity contribution in [3.8, 4) is 5.75 Å². The van der Waals surface area contributed by atoms with Crippen molar-refractivity contribution in [3.05, 3.63) is 29.8 Å². The summed E-state index contributed by atoms with van der Waals surface area (Å²) in [6.45, 7) is 4.42. The highest BCUT2D eigenvalue weighted by Gasteiger charge is 2.50. The number of carboxylic acid groups (broad SMARTS) is 1. The summed E-state index contributed by atoms with van der Waals surface area (Å²) in [5, 5.41) is 8.96. The molecule has 0 saturated heterocycles. The minimum Gasteiger partial charge on any atom is -0.497 e. The molecule has 2 rings (SSSR count). The molecule has 1 aromatic carbocycles. The number of methoxy groups -OCH3 is 1. The summed E-state index contributed by atoms with van der Waals surface area (Å²) in [4.78, 5) is 25.1. The molecule has 0 aliphatic heterocycles. The van der Waals surface area contributed by atoms with Gasteiger partial charge in [-0.1, -0.05) is 12.1 Å². The average Bonchev–Trinajstić information content (AvgIpc) is 3.28. The molecule has 0 heterocycles. The van der Waals surface area contributed by atoms with E-state index in [4.69, 9.17) is 9.84 Å². The van der Waals surface area contributed by atoms with Crippen molar-refractivity contribution in [1.82, 2.24) is 4.90 Å². The van der Waals surface area contributed by atoms with Crippen LogP contribution in [0.3, 0.4) is 0 Å². The van der Waals surface area contributed by atoms with Crippen molar-refractivity contribution >= 4 is 11.9 Å². The maximum Gasteiger partial charge on any atom is 0.307 e. The number of hydrogen-bond acceptors (Lipinski definition) is 3. The maximum absolute atomic E-state index is 12.5. The fourth-order valence-corrected chi connectivity index (χ4v) is 2.66. The summed E-state index contributed by atoms with van der Waals surface area (Å²) < 4.78 is 5.21. The molecule has 1 saturated carbocycles. The second kappa shape index (κ2) is 6.16. The number of benzene rings is 1. The third-order valence-electron chi connectivity index (χ3n) is 4.09. The van der Waals surface area contributed by atoms with Crippen LogP contribution in [0.25, 0.3) is 0 Å². The molecule has 5 nitrogen and oxygen atoms in total. The van der Waals surface area contributed by atoms with Gasteiger partial charge >= 0.3 is 5.97 Å². The van der Waals surface area contributed by atoms with Gasteiger partial charge < -0.3 is 14.7 Å². The zero-order valence-corrected chi connectivity index (χ0v) is 12.6. The van der Waals surface area contributed by atoms with Crippen LogP contribution in [0, 0.1) is 11.8 Å². The van der Waals surface area contributed by atoms with Crippen LogP contribution in [-0.4, -0.2) is 35.5 Å². The molecule has 0 unspecified atom stereocenters. The standard InChI is InChI=1S/C16H21NO4/c1-4-17(15(18)13-9-14(13)16(19)20)10(2)11-6-5-7-12(8-11)21-3/h5-8,10,13-14H,4,9H2,1-3H3,(H,19,20)/t10-,13+,14-/m0/s1. The number of amides is 1. The van der Waals surface area contributed by atoms with Gasteiger partial charge in [-0.2, -0.15) is 0 Å². The van der Waals surface area contributed by atoms with Crippen LogP contribution < -0.4 is 4.74 Å². The third kappa shape index (κ3) is 3.17. The van der Waals surface area contributed by atoms with E-state index in [1.807, 2.05) is 38.1 Å². The Labute approximate surface area is 124 Å². The monoisotopic (exact) mass is 291 g/mol. The molecule has 0 radical (unpaired) electrons. The number of ether oxygens (including phenoxy) is 1. The highest BCUT2D eigenvalue weighted by Crippen LogP contribution is 2.41. The van der Waals surface area contributed by atoms with Crippen LogP contribution in [0.15, 0.2) is 24.3 Å². The van der Waals surface area contributed by atoms with Crippen LogP contribution in [0.2, 0.25) is 0 Å². The number of carbonyl (C=O) groups is 2. The minimum atomic E-state index is -0.876. The van der Waals surface area contributed by atoms with E-state index in [2.05, 4.69) is 0 Å². The first-order chi connectivity index (χ1) is 9.99. The lowest BCUT2D eigenvalue weighted by Gasteiger charge is -2.29. The molecular formula is C16H21NO4. The summed E-state index contributed by atoms with van der Waals surface area (Å²) in [7, 11) is 1.61. The molecule has 21 heavy (non-hydrogen) atoms. The van der Waals surface area contributed by atoms with Gasteiger partial charge in [0.1, 0.15) is 5.75 Å². The molecular weight excluding hydrogens is 270 g/mol. The van der Waals surface area contributed by atoms with E-state index in [0.29, 0.717) is 13.0 Å². The van der Waals surface area contributed by atoms with E-state index in [9.17, 15) is 9.59 Å². The van der Waals surface area contributed by atoms with Crippen LogP contribution >= 0.6 is 0 Å². The van der Waals surface area contributed by atoms with Crippen LogP contribution in [-0.2, 0) is 9.59 Å². The Morgan fingerprint density at radius 2 is 2.14 bits per heavy atom. The van der Waals surface area contributed by atoms with Crippen molar-refractivity contribution in [2.45, 2.75) is 26.3 Å². The summed E-state index contributed by atoms with van der Waals surface area (Å²) in [6, 6.07) is 7.50. The minimum absolute atomic E-state index is 0.0692. The number of rotatable bonds is 6. The molecule has 1 N–H and O–H groups in total. The molecule has 3 atom stereocenters. The molecule has 1 aliphatic rings. The first-order valence-electron chi connectivity index (χ1n) is 7.16. The van der Waals surface area contributed by atoms with Gasteiger partial charge in [-0.3, -0.25) is 9.59 Å². The molecule has 1 amide bonds. The number of aliphatic carboxylic acids is 1. The molecule has 114 valence electrons. The molecule has 1 aliphatic carbocycles. The first-order valence-corrected chi connectivity index (χ1v) is 7.16. The van der Waals surface area contributed by atoms with Gasteiger partial charge in [-0.05, 0) is 38.0 Å². The predicted molar refractivity (Wildman–Crippen MR) is 78.0 cm³/mol. The van der Waals surface area contributed by atoms with E-state index in [1.165, 1.54) is 0 Å². The first kappa shape index (κ1) is 15.4. The smallest absolute Gasteiger partial charge is 0.307 e. The summed E-state index contributed by atoms with van der Waals surface area (Å²) in [5.41, 5.74) is 0.983. The number of hydrogen-bond donors (Lipinski definition) is 1. The van der Waals surface area contributed by atoms with Crippen molar-refractivity contribution in [3.63, 3.8) is 0 Å². The van der Waals surface area contributed by atoms with Crippen molar-refractivity contribution in [2.75, 3.05) is 13.7 Å². The summed E-state index contributed by atoms with van der Waals surface area (Å²) in [5.74, 6) is -1.07. The Morgan fingerprint density at radius 3 is 2.67 bits per heavy atom. The zero-order chi connectivity index (χ0) is 15.6. The number of nitrogens with zero attached hydrogens (tertiary/aromatic N) is 1. The lowest BCUT2D eigenvalue weighted by Crippen LogP contribution is -2.35. The molecule has 0 spiro atoms. The normalized spacial score (nSPS) is 21.5. The Morgan fingerprint density at radius 1 is 1.43 bits per heavy atom. The van der Waals surface area contributed by atoms with Gasteiger partial charge in [0.15, 0.2) is 0 Å². The summed E-state index contributed by atoms with van der Waals surface area (Å²) in [6.07, 6.45) is 0.454. The Kier molecular flexibility index (Phi) is 4.50. The SMILES string of the molecule is CCN(C(=O)[C@@H]1C[C@@H]1C(=O)O)[C@@H](C)c1cccc(OC)c1. The van der Waals surface area contributed by atoms with Gasteiger partial charge in [0, 0.05) is 6.54 Å². The number of carbonyl (C=O) groups excluding carboxylic acids is 1. The molecule has 1 fully saturated rings. The lowest BCUT2D eigenvalue weighted by atomic mass is 10.1. The Balaban J connectivity index is 2.13. The Hall–Kier alpha value is -2.04. The third-order valence-corrected chi connectivity index (χ3v) is 4.09. The van der Waals surface area contributed by atoms with Gasteiger partial charge in [0.25, 0.3) is 0 Å². The van der Waals surface area contributed by atoms with E-state index in [-0.39, 0.29) is 17.9 Å². The van der Waals surface area contributed by atoms with Gasteiger partial charge in [0.2, 0.25) is 5.91 Å². The van der Waals surface area contributed by atoms with Crippen LogP contribution in [0.1, 0.15) is 31.9 Å². The zero-order valence-electron chi connectivity index (χ0n) is 12.6. The topological polar surface area (TPSA) is 66.8 Å². The fraction of sp³-hybridized carbons (Fsp3) is 0.500. The maximum atomic E-state index is 12.5. The number of carboxylic acids is 1. The summed E-state index contributed by atoms with van der Waals surface area (Å²) >= 11 is 0. The Bertz CT molecular complexity index is 543. The molecule has 1 aromatic rings. The largest absolute Gasteiger partial charge is 0.497 e. The van der Waals surface area contributed by atoms with E-state index >= 15 is 0 Å². The molecule has 0 bridgehead atoms. The van der Waals surface area contributed by atoms with Crippen LogP contribution in [0.4, 0.5) is 0 Å². The lowest BCUT2D eigenvalue weighted by molar-refractivity contribution is -0.142. The average molecular weight is 291 g/mol. The quantitative estimate of drug-likeness (QED) is 0.873. The predicted octanol–water partition coefficient (Wildman–Crippen LogP) is 2.33. The van der Waals surface area contributed by atoms with Crippen molar-refractivity contribution < 1.29 is 19.4 Å². The van der Waals surface area contributed by atoms with E-state index in [1.54, 1.807) is 12.0 Å². The van der Waals surface area contributed by atoms with E-state index < -0.39 is 11.9 Å². The fourth-order valence-electron chi connectivity index (χ4n) is 2.66. The van der Waals surface area contributed by atoms with E-state index in [0.717, 1.165) is 11.3 Å². The second-order valence-electron chi connectivity index (χ2n) is 5.36. The van der Waals surface area contributed by atoms with Crippen molar-refractivity contribution in [1.29, 1.82) is 0 Å². The second-order valence-corrected chi connectivity index (χ2v) is 5.36. The van der Waals surface area contributed by atoms with Gasteiger partial charge in [-0.25, -0.2) is 0 Å².